The molecule has 1 fully saturated rings. The van der Waals surface area contributed by atoms with E-state index in [4.69, 9.17) is 4.74 Å². The van der Waals surface area contributed by atoms with Crippen LogP contribution in [0.15, 0.2) is 0 Å². The number of aliphatic hydroxyl groups excluding tert-OH is 1. The maximum absolute atomic E-state index is 10.8. The van der Waals surface area contributed by atoms with Crippen molar-refractivity contribution in [1.82, 2.24) is 0 Å². The first kappa shape index (κ1) is 15.4. The molecule has 0 aliphatic carbocycles. The lowest BCUT2D eigenvalue weighted by atomic mass is 10.1. The van der Waals surface area contributed by atoms with Crippen molar-refractivity contribution in [1.29, 1.82) is 0 Å². The Morgan fingerprint density at radius 2 is 2.00 bits per heavy atom. The molecule has 1 aliphatic heterocycles. The normalized spacial score (nSPS) is 31.6. The largest absolute Gasteiger partial charge is 1.00 e. The molecule has 7 heteroatoms. The number of hydrogen-bond donors (Lipinski definition) is 3. The number of cyclic esters (lactones) is 1. The van der Waals surface area contributed by atoms with Crippen molar-refractivity contribution < 1.29 is 50.9 Å². The highest BCUT2D eigenvalue weighted by Crippen LogP contribution is 2.14. The minimum Gasteiger partial charge on any atom is -1.00 e. The Bertz CT molecular complexity index is 170. The number of carbonyl (C=O) groups excluding carboxylic acids is 1. The summed E-state index contributed by atoms with van der Waals surface area (Å²) < 4.78 is 4.83. The molecule has 3 atom stereocenters. The first-order valence-electron chi connectivity index (χ1n) is 3.67. The van der Waals surface area contributed by atoms with Crippen LogP contribution in [0.3, 0.4) is 0 Å². The van der Waals surface area contributed by atoms with Crippen LogP contribution in [0.25, 0.3) is 0 Å². The molecule has 0 aromatic carbocycles. The zero-order valence-electron chi connectivity index (χ0n) is 7.08. The van der Waals surface area contributed by atoms with Crippen molar-refractivity contribution >= 4 is 5.97 Å². The molecule has 0 radical (unpaired) electrons. The fourth-order valence-corrected chi connectivity index (χ4v) is 1.14. The van der Waals surface area contributed by atoms with Gasteiger partial charge in [0.15, 0.2) is 6.10 Å². The van der Waals surface area contributed by atoms with Gasteiger partial charge >= 0.3 is 5.97 Å². The van der Waals surface area contributed by atoms with Crippen molar-refractivity contribution in [3.63, 3.8) is 0 Å². The molecule has 7 N–H and O–H groups in total. The van der Waals surface area contributed by atoms with E-state index >= 15 is 0 Å². The van der Waals surface area contributed by atoms with Gasteiger partial charge < -0.3 is 46.1 Å². The molecule has 0 bridgehead atoms. The Hall–Kier alpha value is -0.0700. The van der Waals surface area contributed by atoms with Crippen LogP contribution >= 0.6 is 0 Å². The summed E-state index contributed by atoms with van der Waals surface area (Å²) in [5.41, 5.74) is 7.10. The second kappa shape index (κ2) is 6.39. The lowest BCUT2D eigenvalue weighted by Crippen LogP contribution is -3.00. The number of esters is 1. The van der Waals surface area contributed by atoms with E-state index in [2.05, 4.69) is 11.5 Å². The van der Waals surface area contributed by atoms with Gasteiger partial charge in [0.1, 0.15) is 6.10 Å². The number of aliphatic hydroxyl groups is 1. The molecule has 13 heavy (non-hydrogen) atoms. The minimum atomic E-state index is -0.746. The molecular weight excluding hydrogens is 219 g/mol. The lowest BCUT2D eigenvalue weighted by Gasteiger charge is -2.08. The van der Waals surface area contributed by atoms with E-state index in [9.17, 15) is 9.90 Å². The zero-order chi connectivity index (χ0) is 8.43. The molecule has 0 amide bonds. The third kappa shape index (κ3) is 3.28. The summed E-state index contributed by atoms with van der Waals surface area (Å²) in [5, 5.41) is 9.32. The van der Waals surface area contributed by atoms with Crippen molar-refractivity contribution in [2.24, 2.45) is 0 Å². The number of quaternary nitrogens is 2. The second-order valence-electron chi connectivity index (χ2n) is 2.71. The first-order valence-corrected chi connectivity index (χ1v) is 3.67. The van der Waals surface area contributed by atoms with E-state index in [1.165, 1.54) is 0 Å². The van der Waals surface area contributed by atoms with Gasteiger partial charge in [0.2, 0.25) is 6.04 Å². The van der Waals surface area contributed by atoms with E-state index in [-0.39, 0.29) is 30.9 Å². The van der Waals surface area contributed by atoms with E-state index in [1.54, 1.807) is 0 Å². The topological polar surface area (TPSA) is 102 Å². The Morgan fingerprint density at radius 1 is 1.46 bits per heavy atom. The van der Waals surface area contributed by atoms with Crippen LogP contribution in [0.1, 0.15) is 6.42 Å². The van der Waals surface area contributed by atoms with Gasteiger partial charge in [0.05, 0.1) is 6.54 Å². The third-order valence-corrected chi connectivity index (χ3v) is 1.85. The molecule has 80 valence electrons. The molecule has 0 spiro atoms. The lowest BCUT2D eigenvalue weighted by molar-refractivity contribution is -0.417. The zero-order valence-corrected chi connectivity index (χ0v) is 8.59. The highest BCUT2D eigenvalue weighted by Gasteiger charge is 2.44. The minimum absolute atomic E-state index is 0. The number of hydrogen-bond acceptors (Lipinski definition) is 3. The van der Waals surface area contributed by atoms with Crippen LogP contribution in [0.4, 0.5) is 0 Å². The van der Waals surface area contributed by atoms with Crippen LogP contribution < -0.4 is 36.3 Å². The maximum Gasteiger partial charge on any atom is 0.368 e. The summed E-state index contributed by atoms with van der Waals surface area (Å²) in [6.07, 6.45) is -0.523. The van der Waals surface area contributed by atoms with Crippen LogP contribution in [-0.4, -0.2) is 35.9 Å². The average molecular weight is 233 g/mol. The summed E-state index contributed by atoms with van der Waals surface area (Å²) in [5.74, 6) is -0.407. The van der Waals surface area contributed by atoms with E-state index in [0.29, 0.717) is 13.0 Å². The SMILES string of the molecule is [Cl-].[Cl-].[NH3+]CC[C@H]1OC(=O)[C@@H]([NH3+])[C@H]1O. The van der Waals surface area contributed by atoms with Gasteiger partial charge in [-0.15, -0.1) is 0 Å². The summed E-state index contributed by atoms with van der Waals surface area (Å²) in [4.78, 5) is 10.8. The van der Waals surface area contributed by atoms with Gasteiger partial charge in [-0.3, -0.25) is 0 Å². The van der Waals surface area contributed by atoms with Crippen molar-refractivity contribution in [2.45, 2.75) is 24.7 Å². The molecule has 0 aromatic rings. The number of carbonyl (C=O) groups is 1. The van der Waals surface area contributed by atoms with Crippen molar-refractivity contribution in [2.75, 3.05) is 6.54 Å². The highest BCUT2D eigenvalue weighted by molar-refractivity contribution is 5.77. The quantitative estimate of drug-likeness (QED) is 0.413. The average Bonchev–Trinajstić information content (AvgIpc) is 2.19. The molecule has 0 aromatic heterocycles. The maximum atomic E-state index is 10.8. The Labute approximate surface area is 88.6 Å². The van der Waals surface area contributed by atoms with E-state index in [1.807, 2.05) is 0 Å². The monoisotopic (exact) mass is 232 g/mol. The molecule has 0 saturated carbocycles. The van der Waals surface area contributed by atoms with Crippen molar-refractivity contribution in [3.8, 4) is 0 Å². The molecular formula is C6H14Cl2N2O3. The molecule has 1 aliphatic rings. The van der Waals surface area contributed by atoms with E-state index < -0.39 is 18.1 Å². The van der Waals surface area contributed by atoms with Crippen LogP contribution in [0, 0.1) is 0 Å². The van der Waals surface area contributed by atoms with Crippen LogP contribution in [0.2, 0.25) is 0 Å². The molecule has 0 unspecified atom stereocenters. The number of rotatable bonds is 2. The van der Waals surface area contributed by atoms with Gasteiger partial charge in [-0.2, -0.15) is 0 Å². The van der Waals surface area contributed by atoms with Gasteiger partial charge in [-0.05, 0) is 0 Å². The molecule has 1 saturated heterocycles. The smallest absolute Gasteiger partial charge is 0.368 e. The summed E-state index contributed by atoms with van der Waals surface area (Å²) in [6.45, 7) is 0.654. The predicted molar refractivity (Wildman–Crippen MR) is 34.9 cm³/mol. The van der Waals surface area contributed by atoms with Gasteiger partial charge in [-0.1, -0.05) is 0 Å². The molecule has 5 nitrogen and oxygen atoms in total. The summed E-state index contributed by atoms with van der Waals surface area (Å²) in [7, 11) is 0. The number of ether oxygens (including phenoxy) is 1. The van der Waals surface area contributed by atoms with Gasteiger partial charge in [0.25, 0.3) is 0 Å². The van der Waals surface area contributed by atoms with Crippen molar-refractivity contribution in [3.05, 3.63) is 0 Å². The van der Waals surface area contributed by atoms with Gasteiger partial charge in [-0.25, -0.2) is 4.79 Å². The second-order valence-corrected chi connectivity index (χ2v) is 2.71. The van der Waals surface area contributed by atoms with Crippen LogP contribution in [-0.2, 0) is 9.53 Å². The summed E-state index contributed by atoms with van der Waals surface area (Å²) >= 11 is 0. The standard InChI is InChI=1S/C6H12N2O3.2ClH/c7-2-1-3-5(9)4(8)6(10)11-3;;/h3-5,9H,1-2,7-8H2;2*1H/t3-,4+,5+;;/m1../s1. The summed E-state index contributed by atoms with van der Waals surface area (Å²) in [6, 6.07) is -0.619. The number of halogens is 2. The molecule has 1 rings (SSSR count). The fraction of sp³-hybridized carbons (Fsp3) is 0.833. The molecule has 1 heterocycles. The van der Waals surface area contributed by atoms with Crippen LogP contribution in [0.5, 0.6) is 0 Å². The third-order valence-electron chi connectivity index (χ3n) is 1.85. The Kier molecular flexibility index (Phi) is 7.58. The Morgan fingerprint density at radius 3 is 2.31 bits per heavy atom. The Balaban J connectivity index is 0. The van der Waals surface area contributed by atoms with E-state index in [0.717, 1.165) is 0 Å². The predicted octanol–water partition coefficient (Wildman–Crippen LogP) is -9.48. The van der Waals surface area contributed by atoms with Gasteiger partial charge in [0, 0.05) is 6.42 Å². The highest BCUT2D eigenvalue weighted by atomic mass is 35.5. The fourth-order valence-electron chi connectivity index (χ4n) is 1.14. The first-order chi connectivity index (χ1) is 5.16.